The fraction of sp³-hybridized carbons (Fsp3) is 0.500. The van der Waals surface area contributed by atoms with Crippen LogP contribution in [0.5, 0.6) is 5.75 Å². The van der Waals surface area contributed by atoms with Gasteiger partial charge in [0.05, 0.1) is 38.7 Å². The van der Waals surface area contributed by atoms with Crippen LogP contribution < -0.4 is 15.4 Å². The fourth-order valence-electron chi connectivity index (χ4n) is 3.55. The first-order valence-electron chi connectivity index (χ1n) is 11.4. The van der Waals surface area contributed by atoms with Crippen molar-refractivity contribution < 1.29 is 28.2 Å². The predicted molar refractivity (Wildman–Crippen MR) is 131 cm³/mol. The summed E-state index contributed by atoms with van der Waals surface area (Å²) in [5.74, 6) is -0.384. The summed E-state index contributed by atoms with van der Waals surface area (Å²) in [6, 6.07) is 4.38. The van der Waals surface area contributed by atoms with Crippen molar-refractivity contribution in [2.24, 2.45) is 15.1 Å². The quantitative estimate of drug-likeness (QED) is 0.382. The number of carbonyl (C=O) groups is 1. The number of hydrogen-bond acceptors (Lipinski definition) is 8. The van der Waals surface area contributed by atoms with Gasteiger partial charge in [-0.15, -0.1) is 0 Å². The number of benzene rings is 1. The van der Waals surface area contributed by atoms with Crippen molar-refractivity contribution in [2.75, 3.05) is 40.5 Å². The van der Waals surface area contributed by atoms with Crippen LogP contribution in [-0.4, -0.2) is 81.9 Å². The third kappa shape index (κ3) is 7.67. The number of hydrogen-bond donors (Lipinski definition) is 2. The number of amides is 1. The highest BCUT2D eigenvalue weighted by Gasteiger charge is 2.34. The zero-order valence-corrected chi connectivity index (χ0v) is 20.3. The Bertz CT molecular complexity index is 989. The molecule has 0 spiro atoms. The van der Waals surface area contributed by atoms with E-state index < -0.39 is 11.7 Å². The minimum atomic E-state index is -0.468. The number of likely N-dealkylation sites (N-methyl/N-ethyl adjacent to an activating group) is 1. The Morgan fingerprint density at radius 2 is 2.17 bits per heavy atom. The molecule has 3 atom stereocenters. The predicted octanol–water partition coefficient (Wildman–Crippen LogP) is 1.64. The molecule has 1 amide bonds. The van der Waals surface area contributed by atoms with Crippen molar-refractivity contribution in [1.82, 2.24) is 10.6 Å². The molecule has 2 heterocycles. The molecule has 0 bridgehead atoms. The van der Waals surface area contributed by atoms with E-state index in [0.717, 1.165) is 12.3 Å². The van der Waals surface area contributed by atoms with Crippen LogP contribution in [0, 0.1) is 5.82 Å². The van der Waals surface area contributed by atoms with Crippen LogP contribution in [0.3, 0.4) is 0 Å². The van der Waals surface area contributed by atoms with Gasteiger partial charge in [0, 0.05) is 19.5 Å². The normalized spacial score (nSPS) is 22.9. The Morgan fingerprint density at radius 3 is 2.86 bits per heavy atom. The first-order chi connectivity index (χ1) is 16.9. The van der Waals surface area contributed by atoms with E-state index in [1.54, 1.807) is 13.0 Å². The van der Waals surface area contributed by atoms with E-state index in [1.807, 2.05) is 7.05 Å². The lowest BCUT2D eigenvalue weighted by atomic mass is 10.1. The molecule has 1 aromatic rings. The van der Waals surface area contributed by atoms with Crippen molar-refractivity contribution in [3.05, 3.63) is 42.2 Å². The van der Waals surface area contributed by atoms with Crippen LogP contribution in [-0.2, 0) is 25.7 Å². The lowest BCUT2D eigenvalue weighted by Crippen LogP contribution is -2.45. The van der Waals surface area contributed by atoms with Crippen LogP contribution in [0.1, 0.15) is 18.9 Å². The Morgan fingerprint density at radius 1 is 1.34 bits per heavy atom. The van der Waals surface area contributed by atoms with E-state index in [-0.39, 0.29) is 36.3 Å². The lowest BCUT2D eigenvalue weighted by molar-refractivity contribution is -0.169. The number of methoxy groups -OCH3 is 1. The van der Waals surface area contributed by atoms with Gasteiger partial charge in [-0.2, -0.15) is 0 Å². The molecule has 0 saturated carbocycles. The lowest BCUT2D eigenvalue weighted by Gasteiger charge is -2.31. The van der Waals surface area contributed by atoms with Gasteiger partial charge in [-0.3, -0.25) is 9.79 Å². The van der Waals surface area contributed by atoms with Crippen molar-refractivity contribution in [3.8, 4) is 5.75 Å². The maximum Gasteiger partial charge on any atom is 0.270 e. The summed E-state index contributed by atoms with van der Waals surface area (Å²) < 4.78 is 30.2. The molecule has 1 aromatic carbocycles. The fourth-order valence-corrected chi connectivity index (χ4v) is 3.55. The molecule has 11 heteroatoms. The molecule has 0 aromatic heterocycles. The summed E-state index contributed by atoms with van der Waals surface area (Å²) in [6.07, 6.45) is 1.59. The largest absolute Gasteiger partial charge is 0.494 e. The number of carbonyl (C=O) groups excluding carboxylic acids is 1. The third-order valence-electron chi connectivity index (χ3n) is 5.46. The van der Waals surface area contributed by atoms with Crippen LogP contribution in [0.2, 0.25) is 0 Å². The number of rotatable bonds is 10. The Balaban J connectivity index is 1.47. The third-order valence-corrected chi connectivity index (χ3v) is 5.46. The molecule has 2 N–H and O–H groups in total. The molecule has 10 nitrogen and oxygen atoms in total. The summed E-state index contributed by atoms with van der Waals surface area (Å²) in [5, 5.41) is 9.91. The van der Waals surface area contributed by atoms with E-state index in [4.69, 9.17) is 19.0 Å². The molecule has 0 radical (unpaired) electrons. The second kappa shape index (κ2) is 13.1. The maximum atomic E-state index is 13.5. The number of aliphatic imine (C=N–C) groups is 2. The maximum absolute atomic E-state index is 13.5. The molecule has 0 aliphatic carbocycles. The number of nitrogens with zero attached hydrogens (tertiary/aromatic N) is 3. The first-order valence-corrected chi connectivity index (χ1v) is 11.4. The minimum Gasteiger partial charge on any atom is -0.494 e. The molecule has 190 valence electrons. The molecule has 1 fully saturated rings. The van der Waals surface area contributed by atoms with Gasteiger partial charge in [0.15, 0.2) is 17.7 Å². The van der Waals surface area contributed by atoms with Crippen molar-refractivity contribution in [2.45, 2.75) is 38.2 Å². The van der Waals surface area contributed by atoms with Crippen molar-refractivity contribution in [3.63, 3.8) is 0 Å². The summed E-state index contributed by atoms with van der Waals surface area (Å²) in [7, 11) is 3.26. The van der Waals surface area contributed by atoms with Crippen LogP contribution in [0.4, 0.5) is 4.39 Å². The Kier molecular flexibility index (Phi) is 9.88. The zero-order chi connectivity index (χ0) is 25.2. The second-order valence-corrected chi connectivity index (χ2v) is 8.11. The van der Waals surface area contributed by atoms with Gasteiger partial charge in [-0.05, 0) is 37.7 Å². The topological polar surface area (TPSA) is 115 Å². The van der Waals surface area contributed by atoms with Gasteiger partial charge in [-0.25, -0.2) is 9.38 Å². The van der Waals surface area contributed by atoms with Gasteiger partial charge >= 0.3 is 0 Å². The molecular formula is C24H32FN5O5. The summed E-state index contributed by atoms with van der Waals surface area (Å²) >= 11 is 0. The van der Waals surface area contributed by atoms with Crippen LogP contribution in [0.25, 0.3) is 0 Å². The first kappa shape index (κ1) is 26.5. The highest BCUT2D eigenvalue weighted by Crippen LogP contribution is 2.21. The molecule has 3 rings (SSSR count). The monoisotopic (exact) mass is 489 g/mol. The van der Waals surface area contributed by atoms with Crippen LogP contribution in [0.15, 0.2) is 46.0 Å². The molecule has 1 saturated heterocycles. The number of halogens is 1. The second-order valence-electron chi connectivity index (χ2n) is 8.11. The van der Waals surface area contributed by atoms with E-state index >= 15 is 0 Å². The standard InChI is InChI=1S/C24H32FN5O5/c1-5-20(24(31)28-10-16-6-7-19(25)21(8-16)32-4)29-15(2)27-11-17-9-22(35-30-17)23-14-33-18(12-26-3)13-34-23/h5-8,18,22-23,26H,1,9-14H2,2-4H3,(H,28,31). The van der Waals surface area contributed by atoms with Gasteiger partial charge in [0.25, 0.3) is 5.91 Å². The number of nitrogens with one attached hydrogen (secondary N) is 2. The van der Waals surface area contributed by atoms with Gasteiger partial charge < -0.3 is 29.7 Å². The van der Waals surface area contributed by atoms with Gasteiger partial charge in [-0.1, -0.05) is 17.8 Å². The average molecular weight is 490 g/mol. The summed E-state index contributed by atoms with van der Waals surface area (Å²) in [6.45, 7) is 7.52. The summed E-state index contributed by atoms with van der Waals surface area (Å²) in [4.78, 5) is 26.7. The number of oxime groups is 1. The SMILES string of the molecule is C=CC(=NC(C)=NCC1=NOC(C2COC(CNC)CO2)C1)C(=O)NCc1ccc(F)c(OC)c1. The highest BCUT2D eigenvalue weighted by atomic mass is 19.1. The Labute approximate surface area is 204 Å². The van der Waals surface area contributed by atoms with E-state index in [0.29, 0.717) is 37.6 Å². The molecular weight excluding hydrogens is 457 g/mol. The van der Waals surface area contributed by atoms with Crippen molar-refractivity contribution >= 4 is 23.2 Å². The van der Waals surface area contributed by atoms with Gasteiger partial charge in [0.1, 0.15) is 17.7 Å². The number of ether oxygens (including phenoxy) is 3. The Hall–Kier alpha value is -3.15. The number of amidine groups is 1. The molecule has 2 aliphatic heterocycles. The smallest absolute Gasteiger partial charge is 0.270 e. The highest BCUT2D eigenvalue weighted by molar-refractivity contribution is 6.44. The molecule has 3 unspecified atom stereocenters. The average Bonchev–Trinajstić information content (AvgIpc) is 3.35. The minimum absolute atomic E-state index is 0.0397. The van der Waals surface area contributed by atoms with Crippen LogP contribution >= 0.6 is 0 Å². The van der Waals surface area contributed by atoms with E-state index in [2.05, 4.69) is 32.4 Å². The van der Waals surface area contributed by atoms with Gasteiger partial charge in [0.2, 0.25) is 0 Å². The van der Waals surface area contributed by atoms with E-state index in [9.17, 15) is 9.18 Å². The zero-order valence-electron chi connectivity index (χ0n) is 20.3. The van der Waals surface area contributed by atoms with Crippen molar-refractivity contribution in [1.29, 1.82) is 0 Å². The van der Waals surface area contributed by atoms with E-state index in [1.165, 1.54) is 25.3 Å². The molecule has 35 heavy (non-hydrogen) atoms. The molecule has 2 aliphatic rings. The summed E-state index contributed by atoms with van der Waals surface area (Å²) in [5.41, 5.74) is 1.57.